The van der Waals surface area contributed by atoms with Crippen LogP contribution in [0, 0.1) is 0 Å². The molecule has 2 aromatic rings. The SMILES string of the molecule is FC(F)(Cl)c1cnc(Cl)c(Cl)c1.c1ccncc1. The minimum Gasteiger partial charge on any atom is -0.265 e. The number of alkyl halides is 3. The molecule has 0 saturated carbocycles. The standard InChI is InChI=1S/C6H2Cl3F2N.C5H5N/c7-4-1-3(6(9,10)11)2-12-5(4)8;1-2-4-6-5-3-1/h1-2H;1-5H. The van der Waals surface area contributed by atoms with Crippen LogP contribution in [0.3, 0.4) is 0 Å². The molecular formula is C11H7Cl3F2N2. The van der Waals surface area contributed by atoms with Crippen LogP contribution in [0.4, 0.5) is 8.78 Å². The van der Waals surface area contributed by atoms with Gasteiger partial charge in [-0.05, 0) is 29.8 Å². The fourth-order valence-electron chi connectivity index (χ4n) is 0.889. The molecule has 0 atom stereocenters. The molecule has 0 unspecified atom stereocenters. The van der Waals surface area contributed by atoms with Gasteiger partial charge in [0.1, 0.15) is 5.15 Å². The minimum atomic E-state index is -3.46. The molecule has 2 rings (SSSR count). The Kier molecular flexibility index (Phi) is 5.72. The first-order chi connectivity index (χ1) is 8.41. The summed E-state index contributed by atoms with van der Waals surface area (Å²) >= 11 is 15.5. The van der Waals surface area contributed by atoms with Crippen LogP contribution in [0.5, 0.6) is 0 Å². The zero-order chi connectivity index (χ0) is 13.6. The summed E-state index contributed by atoms with van der Waals surface area (Å²) in [6.07, 6.45) is 4.38. The monoisotopic (exact) mass is 310 g/mol. The van der Waals surface area contributed by atoms with Gasteiger partial charge in [-0.3, -0.25) is 4.98 Å². The van der Waals surface area contributed by atoms with Crippen LogP contribution in [0.25, 0.3) is 0 Å². The second-order valence-electron chi connectivity index (χ2n) is 3.02. The van der Waals surface area contributed by atoms with Crippen LogP contribution in [0.2, 0.25) is 10.2 Å². The van der Waals surface area contributed by atoms with Crippen LogP contribution in [-0.4, -0.2) is 9.97 Å². The molecule has 0 amide bonds. The summed E-state index contributed by atoms with van der Waals surface area (Å²) in [6, 6.07) is 6.69. The van der Waals surface area contributed by atoms with E-state index in [0.717, 1.165) is 12.3 Å². The van der Waals surface area contributed by atoms with E-state index in [0.29, 0.717) is 0 Å². The first-order valence-electron chi connectivity index (χ1n) is 4.64. The number of halogens is 5. The molecule has 0 bridgehead atoms. The molecule has 0 radical (unpaired) electrons. The average Bonchev–Trinajstić information content (AvgIpc) is 2.34. The number of nitrogens with zero attached hydrogens (tertiary/aromatic N) is 2. The third-order valence-corrected chi connectivity index (χ3v) is 2.59. The molecule has 7 heteroatoms. The highest BCUT2D eigenvalue weighted by molar-refractivity contribution is 6.41. The van der Waals surface area contributed by atoms with Crippen molar-refractivity contribution in [3.05, 3.63) is 58.6 Å². The Balaban J connectivity index is 0.000000225. The molecule has 0 fully saturated rings. The third-order valence-electron chi connectivity index (χ3n) is 1.69. The molecule has 0 spiro atoms. The zero-order valence-electron chi connectivity index (χ0n) is 8.83. The third kappa shape index (κ3) is 5.12. The first kappa shape index (κ1) is 15.1. The Bertz CT molecular complexity index is 463. The predicted molar refractivity (Wildman–Crippen MR) is 68.2 cm³/mol. The van der Waals surface area contributed by atoms with Gasteiger partial charge in [0.2, 0.25) is 0 Å². The zero-order valence-corrected chi connectivity index (χ0v) is 11.1. The van der Waals surface area contributed by atoms with Gasteiger partial charge < -0.3 is 0 Å². The van der Waals surface area contributed by atoms with Crippen molar-refractivity contribution >= 4 is 34.8 Å². The van der Waals surface area contributed by atoms with E-state index in [-0.39, 0.29) is 10.2 Å². The van der Waals surface area contributed by atoms with Gasteiger partial charge in [-0.15, -0.1) is 0 Å². The van der Waals surface area contributed by atoms with E-state index in [2.05, 4.69) is 9.97 Å². The van der Waals surface area contributed by atoms with Crippen molar-refractivity contribution in [3.8, 4) is 0 Å². The van der Waals surface area contributed by atoms with Gasteiger partial charge in [0.15, 0.2) is 0 Å². The smallest absolute Gasteiger partial charge is 0.265 e. The van der Waals surface area contributed by atoms with Crippen molar-refractivity contribution in [1.29, 1.82) is 0 Å². The lowest BCUT2D eigenvalue weighted by molar-refractivity contribution is 0.0947. The Morgan fingerprint density at radius 3 is 2.00 bits per heavy atom. The highest BCUT2D eigenvalue weighted by atomic mass is 35.5. The maximum absolute atomic E-state index is 12.4. The molecule has 0 aliphatic heterocycles. The molecule has 2 nitrogen and oxygen atoms in total. The van der Waals surface area contributed by atoms with Crippen molar-refractivity contribution in [1.82, 2.24) is 9.97 Å². The quantitative estimate of drug-likeness (QED) is 0.560. The van der Waals surface area contributed by atoms with Crippen molar-refractivity contribution < 1.29 is 8.78 Å². The Labute approximate surface area is 118 Å². The maximum atomic E-state index is 12.4. The summed E-state index contributed by atoms with van der Waals surface area (Å²) in [7, 11) is 0. The maximum Gasteiger partial charge on any atom is 0.349 e. The van der Waals surface area contributed by atoms with E-state index in [1.807, 2.05) is 18.2 Å². The van der Waals surface area contributed by atoms with Crippen LogP contribution in [-0.2, 0) is 5.38 Å². The van der Waals surface area contributed by atoms with Gasteiger partial charge >= 0.3 is 5.38 Å². The highest BCUT2D eigenvalue weighted by Gasteiger charge is 2.28. The van der Waals surface area contributed by atoms with Gasteiger partial charge in [-0.25, -0.2) is 4.98 Å². The minimum absolute atomic E-state index is 0.0265. The van der Waals surface area contributed by atoms with E-state index in [1.165, 1.54) is 0 Å². The number of hydrogen-bond donors (Lipinski definition) is 0. The highest BCUT2D eigenvalue weighted by Crippen LogP contribution is 2.34. The van der Waals surface area contributed by atoms with Gasteiger partial charge in [-0.2, -0.15) is 8.78 Å². The average molecular weight is 312 g/mol. The first-order valence-corrected chi connectivity index (χ1v) is 5.78. The predicted octanol–water partition coefficient (Wildman–Crippen LogP) is 4.76. The van der Waals surface area contributed by atoms with Gasteiger partial charge in [-0.1, -0.05) is 29.3 Å². The Morgan fingerprint density at radius 2 is 1.67 bits per heavy atom. The van der Waals surface area contributed by atoms with Crippen molar-refractivity contribution in [2.24, 2.45) is 0 Å². The fraction of sp³-hybridized carbons (Fsp3) is 0.0909. The van der Waals surface area contributed by atoms with E-state index < -0.39 is 10.9 Å². The second-order valence-corrected chi connectivity index (χ2v) is 4.26. The van der Waals surface area contributed by atoms with Gasteiger partial charge in [0.25, 0.3) is 0 Å². The molecule has 0 N–H and O–H groups in total. The van der Waals surface area contributed by atoms with Gasteiger partial charge in [0, 0.05) is 18.6 Å². The molecule has 18 heavy (non-hydrogen) atoms. The lowest BCUT2D eigenvalue weighted by Gasteiger charge is -2.07. The molecule has 96 valence electrons. The van der Waals surface area contributed by atoms with Crippen LogP contribution in [0.1, 0.15) is 5.56 Å². The Hall–Kier alpha value is -0.970. The summed E-state index contributed by atoms with van der Waals surface area (Å²) in [5, 5.41) is -3.53. The van der Waals surface area contributed by atoms with E-state index in [1.54, 1.807) is 12.4 Å². The van der Waals surface area contributed by atoms with E-state index in [4.69, 9.17) is 34.8 Å². The number of aromatic nitrogens is 2. The molecule has 0 saturated heterocycles. The molecule has 0 aliphatic carbocycles. The van der Waals surface area contributed by atoms with Crippen LogP contribution < -0.4 is 0 Å². The largest absolute Gasteiger partial charge is 0.349 e. The molecule has 2 heterocycles. The number of pyridine rings is 2. The van der Waals surface area contributed by atoms with E-state index in [9.17, 15) is 8.78 Å². The summed E-state index contributed by atoms with van der Waals surface area (Å²) in [4.78, 5) is 7.20. The summed E-state index contributed by atoms with van der Waals surface area (Å²) in [5.74, 6) is 0. The normalized spacial score (nSPS) is 10.5. The van der Waals surface area contributed by atoms with E-state index >= 15 is 0 Å². The van der Waals surface area contributed by atoms with Gasteiger partial charge in [0.05, 0.1) is 10.6 Å². The second kappa shape index (κ2) is 6.83. The fourth-order valence-corrected chi connectivity index (χ4v) is 1.26. The van der Waals surface area contributed by atoms with Crippen LogP contribution >= 0.6 is 34.8 Å². The van der Waals surface area contributed by atoms with Crippen LogP contribution in [0.15, 0.2) is 42.9 Å². The van der Waals surface area contributed by atoms with Crippen molar-refractivity contribution in [3.63, 3.8) is 0 Å². The summed E-state index contributed by atoms with van der Waals surface area (Å²) < 4.78 is 24.8. The lowest BCUT2D eigenvalue weighted by atomic mass is 10.3. The van der Waals surface area contributed by atoms with Crippen molar-refractivity contribution in [2.45, 2.75) is 5.38 Å². The summed E-state index contributed by atoms with van der Waals surface area (Å²) in [5.41, 5.74) is -0.474. The molecule has 2 aromatic heterocycles. The number of rotatable bonds is 1. The molecular weight excluding hydrogens is 304 g/mol. The Morgan fingerprint density at radius 1 is 1.06 bits per heavy atom. The molecule has 0 aromatic carbocycles. The lowest BCUT2D eigenvalue weighted by Crippen LogP contribution is -2.03. The molecule has 0 aliphatic rings. The summed E-state index contributed by atoms with van der Waals surface area (Å²) in [6.45, 7) is 0. The number of hydrogen-bond acceptors (Lipinski definition) is 2. The van der Waals surface area contributed by atoms with Crippen molar-refractivity contribution in [2.75, 3.05) is 0 Å². The topological polar surface area (TPSA) is 25.8 Å².